The van der Waals surface area contributed by atoms with Crippen molar-refractivity contribution in [3.8, 4) is 0 Å². The number of hydrogen-bond donors (Lipinski definition) is 2. The highest BCUT2D eigenvalue weighted by Crippen LogP contribution is 2.09. The lowest BCUT2D eigenvalue weighted by molar-refractivity contribution is 0.986. The molecule has 0 aliphatic heterocycles. The Labute approximate surface area is 99.6 Å². The van der Waals surface area contributed by atoms with Gasteiger partial charge < -0.3 is 10.6 Å². The van der Waals surface area contributed by atoms with Gasteiger partial charge in [-0.2, -0.15) is 4.98 Å². The summed E-state index contributed by atoms with van der Waals surface area (Å²) in [7, 11) is 1.79. The van der Waals surface area contributed by atoms with Gasteiger partial charge in [-0.05, 0) is 13.0 Å². The summed E-state index contributed by atoms with van der Waals surface area (Å²) in [6.07, 6.45) is 3.25. The molecule has 0 saturated heterocycles. The number of nitrogens with one attached hydrogen (secondary N) is 2. The first kappa shape index (κ1) is 11.3. The van der Waals surface area contributed by atoms with E-state index in [1.54, 1.807) is 13.2 Å². The predicted molar refractivity (Wildman–Crippen MR) is 65.7 cm³/mol. The second kappa shape index (κ2) is 5.20. The molecule has 6 nitrogen and oxygen atoms in total. The van der Waals surface area contributed by atoms with E-state index in [9.17, 15) is 0 Å². The van der Waals surface area contributed by atoms with Crippen molar-refractivity contribution in [1.82, 2.24) is 19.9 Å². The van der Waals surface area contributed by atoms with Gasteiger partial charge in [0.2, 0.25) is 5.95 Å². The Bertz CT molecular complexity index is 485. The Kier molecular flexibility index (Phi) is 3.44. The van der Waals surface area contributed by atoms with Gasteiger partial charge in [0, 0.05) is 25.0 Å². The third-order valence-electron chi connectivity index (χ3n) is 2.17. The monoisotopic (exact) mass is 230 g/mol. The first-order valence-electron chi connectivity index (χ1n) is 5.30. The lowest BCUT2D eigenvalue weighted by atomic mass is 10.4. The minimum atomic E-state index is 0.607. The van der Waals surface area contributed by atoms with Crippen LogP contribution in [-0.2, 0) is 6.54 Å². The van der Waals surface area contributed by atoms with Crippen molar-refractivity contribution in [1.29, 1.82) is 0 Å². The zero-order chi connectivity index (χ0) is 12.1. The maximum absolute atomic E-state index is 4.29. The summed E-state index contributed by atoms with van der Waals surface area (Å²) in [6, 6.07) is 3.75. The second-order valence-electron chi connectivity index (χ2n) is 3.52. The van der Waals surface area contributed by atoms with Gasteiger partial charge in [0.05, 0.1) is 12.2 Å². The van der Waals surface area contributed by atoms with Crippen LogP contribution in [-0.4, -0.2) is 27.0 Å². The van der Waals surface area contributed by atoms with Gasteiger partial charge in [0.15, 0.2) is 0 Å². The molecule has 0 spiro atoms. The predicted octanol–water partition coefficient (Wildman–Crippen LogP) is 1.23. The zero-order valence-electron chi connectivity index (χ0n) is 9.81. The van der Waals surface area contributed by atoms with Crippen molar-refractivity contribution >= 4 is 11.8 Å². The van der Waals surface area contributed by atoms with Gasteiger partial charge in [0.25, 0.3) is 0 Å². The van der Waals surface area contributed by atoms with E-state index in [0.29, 0.717) is 12.5 Å². The van der Waals surface area contributed by atoms with Crippen LogP contribution in [0.4, 0.5) is 11.8 Å². The number of nitrogens with zero attached hydrogens (tertiary/aromatic N) is 4. The van der Waals surface area contributed by atoms with Gasteiger partial charge in [-0.25, -0.2) is 15.0 Å². The molecule has 17 heavy (non-hydrogen) atoms. The summed E-state index contributed by atoms with van der Waals surface area (Å²) < 4.78 is 0. The van der Waals surface area contributed by atoms with Crippen molar-refractivity contribution in [2.45, 2.75) is 13.5 Å². The van der Waals surface area contributed by atoms with Crippen LogP contribution in [0.3, 0.4) is 0 Å². The molecule has 0 fully saturated rings. The fourth-order valence-corrected chi connectivity index (χ4v) is 1.37. The molecule has 2 aromatic rings. The van der Waals surface area contributed by atoms with E-state index in [1.807, 2.05) is 19.1 Å². The molecule has 2 rings (SSSR count). The molecular formula is C11H14N6. The molecule has 2 aromatic heterocycles. The van der Waals surface area contributed by atoms with Crippen LogP contribution in [0.2, 0.25) is 0 Å². The molecule has 2 heterocycles. The first-order valence-corrected chi connectivity index (χ1v) is 5.30. The molecule has 0 aliphatic carbocycles. The van der Waals surface area contributed by atoms with E-state index in [1.165, 1.54) is 6.33 Å². The summed E-state index contributed by atoms with van der Waals surface area (Å²) in [6.45, 7) is 2.54. The molecule has 0 amide bonds. The average Bonchev–Trinajstić information content (AvgIpc) is 2.37. The Balaban J connectivity index is 2.06. The summed E-state index contributed by atoms with van der Waals surface area (Å²) >= 11 is 0. The zero-order valence-corrected chi connectivity index (χ0v) is 9.81. The first-order chi connectivity index (χ1) is 8.28. The Morgan fingerprint density at radius 2 is 2.18 bits per heavy atom. The number of anilines is 2. The summed E-state index contributed by atoms with van der Waals surface area (Å²) in [5, 5.41) is 6.11. The van der Waals surface area contributed by atoms with E-state index in [-0.39, 0.29) is 0 Å². The summed E-state index contributed by atoms with van der Waals surface area (Å²) in [5.74, 6) is 1.38. The van der Waals surface area contributed by atoms with Gasteiger partial charge in [0.1, 0.15) is 12.1 Å². The van der Waals surface area contributed by atoms with Crippen LogP contribution in [0.1, 0.15) is 11.4 Å². The SMILES string of the molecule is CNc1nc(C)cc(NCc2ccncn2)n1. The highest BCUT2D eigenvalue weighted by molar-refractivity contribution is 5.42. The molecule has 2 N–H and O–H groups in total. The molecule has 0 unspecified atom stereocenters. The summed E-state index contributed by atoms with van der Waals surface area (Å²) in [5.41, 5.74) is 1.83. The second-order valence-corrected chi connectivity index (χ2v) is 3.52. The third kappa shape index (κ3) is 3.10. The van der Waals surface area contributed by atoms with Crippen molar-refractivity contribution < 1.29 is 0 Å². The quantitative estimate of drug-likeness (QED) is 0.822. The van der Waals surface area contributed by atoms with Crippen LogP contribution >= 0.6 is 0 Å². The molecule has 0 saturated carbocycles. The number of aryl methyl sites for hydroxylation is 1. The molecule has 0 aromatic carbocycles. The molecule has 0 aliphatic rings. The highest BCUT2D eigenvalue weighted by atomic mass is 15.1. The number of hydrogen-bond acceptors (Lipinski definition) is 6. The average molecular weight is 230 g/mol. The fourth-order valence-electron chi connectivity index (χ4n) is 1.37. The molecule has 88 valence electrons. The Morgan fingerprint density at radius 3 is 2.88 bits per heavy atom. The van der Waals surface area contributed by atoms with Gasteiger partial charge in [-0.1, -0.05) is 0 Å². The number of rotatable bonds is 4. The van der Waals surface area contributed by atoms with Gasteiger partial charge in [-0.3, -0.25) is 0 Å². The van der Waals surface area contributed by atoms with E-state index in [0.717, 1.165) is 17.2 Å². The topological polar surface area (TPSA) is 75.6 Å². The van der Waals surface area contributed by atoms with E-state index in [4.69, 9.17) is 0 Å². The minimum absolute atomic E-state index is 0.607. The van der Waals surface area contributed by atoms with Crippen LogP contribution in [0.5, 0.6) is 0 Å². The van der Waals surface area contributed by atoms with Crippen molar-refractivity contribution in [2.75, 3.05) is 17.7 Å². The standard InChI is InChI=1S/C11H14N6/c1-8-5-10(17-11(12-2)16-8)14-6-9-3-4-13-7-15-9/h3-5,7H,6H2,1-2H3,(H2,12,14,16,17). The molecular weight excluding hydrogens is 216 g/mol. The normalized spacial score (nSPS) is 10.0. The van der Waals surface area contributed by atoms with E-state index < -0.39 is 0 Å². The maximum Gasteiger partial charge on any atom is 0.224 e. The molecule has 6 heteroatoms. The lowest BCUT2D eigenvalue weighted by Gasteiger charge is -2.07. The Hall–Kier alpha value is -2.24. The fraction of sp³-hybridized carbons (Fsp3) is 0.273. The molecule has 0 radical (unpaired) electrons. The van der Waals surface area contributed by atoms with E-state index in [2.05, 4.69) is 30.6 Å². The van der Waals surface area contributed by atoms with Crippen LogP contribution in [0.25, 0.3) is 0 Å². The van der Waals surface area contributed by atoms with Crippen molar-refractivity contribution in [2.24, 2.45) is 0 Å². The largest absolute Gasteiger partial charge is 0.364 e. The minimum Gasteiger partial charge on any atom is -0.364 e. The number of aromatic nitrogens is 4. The molecule has 0 atom stereocenters. The van der Waals surface area contributed by atoms with Crippen LogP contribution in [0, 0.1) is 6.92 Å². The van der Waals surface area contributed by atoms with Gasteiger partial charge >= 0.3 is 0 Å². The van der Waals surface area contributed by atoms with Crippen molar-refractivity contribution in [3.05, 3.63) is 36.0 Å². The Morgan fingerprint density at radius 1 is 1.29 bits per heavy atom. The van der Waals surface area contributed by atoms with Crippen molar-refractivity contribution in [3.63, 3.8) is 0 Å². The summed E-state index contributed by atoms with van der Waals surface area (Å²) in [4.78, 5) is 16.5. The lowest BCUT2D eigenvalue weighted by Crippen LogP contribution is -2.06. The van der Waals surface area contributed by atoms with E-state index >= 15 is 0 Å². The van der Waals surface area contributed by atoms with Gasteiger partial charge in [-0.15, -0.1) is 0 Å². The van der Waals surface area contributed by atoms with Crippen LogP contribution < -0.4 is 10.6 Å². The van der Waals surface area contributed by atoms with Crippen LogP contribution in [0.15, 0.2) is 24.7 Å². The highest BCUT2D eigenvalue weighted by Gasteiger charge is 2.00. The smallest absolute Gasteiger partial charge is 0.224 e. The maximum atomic E-state index is 4.29. The molecule has 0 bridgehead atoms. The third-order valence-corrected chi connectivity index (χ3v) is 2.17.